The van der Waals surface area contributed by atoms with E-state index < -0.39 is 17.7 Å². The lowest BCUT2D eigenvalue weighted by molar-refractivity contribution is -0.140. The number of morpholine rings is 1. The smallest absolute Gasteiger partial charge is 0.295 e. The molecule has 2 fully saturated rings. The van der Waals surface area contributed by atoms with Crippen LogP contribution in [-0.2, 0) is 14.3 Å². The third-order valence-corrected chi connectivity index (χ3v) is 6.86. The van der Waals surface area contributed by atoms with Crippen molar-refractivity contribution in [2.45, 2.75) is 19.4 Å². The number of hydrogen-bond acceptors (Lipinski definition) is 7. The molecule has 0 radical (unpaired) electrons. The highest BCUT2D eigenvalue weighted by Gasteiger charge is 2.46. The number of imidazole rings is 1. The minimum atomic E-state index is -0.738. The zero-order chi connectivity index (χ0) is 25.2. The lowest BCUT2D eigenvalue weighted by Gasteiger charge is -2.29. The number of rotatable bonds is 7. The van der Waals surface area contributed by atoms with Crippen molar-refractivity contribution in [2.75, 3.05) is 46.5 Å². The number of Topliss-reactive ketones (excluding diaryl/α,β-unsaturated/α-hetero) is 1. The van der Waals surface area contributed by atoms with E-state index in [1.807, 2.05) is 36.4 Å². The maximum absolute atomic E-state index is 13.4. The number of ketones is 1. The van der Waals surface area contributed by atoms with Crippen molar-refractivity contribution >= 4 is 23.1 Å². The van der Waals surface area contributed by atoms with Gasteiger partial charge in [-0.2, -0.15) is 0 Å². The van der Waals surface area contributed by atoms with Crippen molar-refractivity contribution in [2.24, 2.45) is 0 Å². The summed E-state index contributed by atoms with van der Waals surface area (Å²) in [5.41, 5.74) is 2.39. The zero-order valence-electron chi connectivity index (χ0n) is 20.5. The van der Waals surface area contributed by atoms with Crippen molar-refractivity contribution in [3.05, 3.63) is 71.2 Å². The number of nitrogens with zero attached hydrogens (tertiary/aromatic N) is 4. The molecular weight excluding hydrogens is 460 g/mol. The molecular formula is C27H30N4O5. The largest absolute Gasteiger partial charge is 0.505 e. The van der Waals surface area contributed by atoms with E-state index in [4.69, 9.17) is 9.47 Å². The SMILES string of the molecule is COc1cccc([C@@H]2/C(=C(\O)c3c(C)nc4ccccn34)C(=O)C(=O)N2CCCN2CCOCC2)c1. The molecule has 1 N–H and O–H groups in total. The Morgan fingerprint density at radius 3 is 2.72 bits per heavy atom. The van der Waals surface area contributed by atoms with Gasteiger partial charge in [0.2, 0.25) is 0 Å². The van der Waals surface area contributed by atoms with E-state index in [1.165, 1.54) is 0 Å². The van der Waals surface area contributed by atoms with Crippen molar-refractivity contribution < 1.29 is 24.2 Å². The lowest BCUT2D eigenvalue weighted by atomic mass is 9.96. The molecule has 0 spiro atoms. The third kappa shape index (κ3) is 4.36. The fourth-order valence-electron chi connectivity index (χ4n) is 5.08. The molecule has 2 aliphatic rings. The molecule has 0 saturated carbocycles. The van der Waals surface area contributed by atoms with Crippen LogP contribution < -0.4 is 4.74 Å². The highest BCUT2D eigenvalue weighted by atomic mass is 16.5. The molecule has 2 aliphatic heterocycles. The fraction of sp³-hybridized carbons (Fsp3) is 0.370. The number of fused-ring (bicyclic) bond motifs is 1. The zero-order valence-corrected chi connectivity index (χ0v) is 20.5. The minimum absolute atomic E-state index is 0.0633. The quantitative estimate of drug-likeness (QED) is 0.309. The predicted molar refractivity (Wildman–Crippen MR) is 134 cm³/mol. The molecule has 1 aromatic carbocycles. The maximum Gasteiger partial charge on any atom is 0.295 e. The second-order valence-corrected chi connectivity index (χ2v) is 9.05. The molecule has 1 amide bonds. The van der Waals surface area contributed by atoms with Crippen LogP contribution in [0.3, 0.4) is 0 Å². The maximum atomic E-state index is 13.4. The molecule has 0 aliphatic carbocycles. The van der Waals surface area contributed by atoms with Gasteiger partial charge in [-0.3, -0.25) is 18.9 Å². The van der Waals surface area contributed by atoms with Gasteiger partial charge in [-0.05, 0) is 43.2 Å². The van der Waals surface area contributed by atoms with E-state index in [1.54, 1.807) is 35.6 Å². The van der Waals surface area contributed by atoms with Crippen LogP contribution in [0, 0.1) is 6.92 Å². The highest BCUT2D eigenvalue weighted by Crippen LogP contribution is 2.40. The number of carbonyl (C=O) groups excluding carboxylic acids is 2. The van der Waals surface area contributed by atoms with Gasteiger partial charge in [0.25, 0.3) is 11.7 Å². The number of hydrogen-bond donors (Lipinski definition) is 1. The summed E-state index contributed by atoms with van der Waals surface area (Å²) in [5, 5.41) is 11.5. The monoisotopic (exact) mass is 490 g/mol. The van der Waals surface area contributed by atoms with Crippen LogP contribution in [0.1, 0.15) is 29.4 Å². The first-order valence-corrected chi connectivity index (χ1v) is 12.2. The number of aliphatic hydroxyl groups excluding tert-OH is 1. The predicted octanol–water partition coefficient (Wildman–Crippen LogP) is 2.80. The number of carbonyl (C=O) groups is 2. The van der Waals surface area contributed by atoms with Crippen LogP contribution >= 0.6 is 0 Å². The summed E-state index contributed by atoms with van der Waals surface area (Å²) in [6.45, 7) is 6.06. The Kier molecular flexibility index (Phi) is 6.75. The van der Waals surface area contributed by atoms with Crippen LogP contribution in [0.15, 0.2) is 54.2 Å². The first-order chi connectivity index (χ1) is 17.5. The molecule has 2 saturated heterocycles. The number of ether oxygens (including phenoxy) is 2. The van der Waals surface area contributed by atoms with Crippen molar-refractivity contribution in [3.8, 4) is 5.75 Å². The molecule has 9 heteroatoms. The van der Waals surface area contributed by atoms with Gasteiger partial charge < -0.3 is 19.5 Å². The average molecular weight is 491 g/mol. The molecule has 0 bridgehead atoms. The summed E-state index contributed by atoms with van der Waals surface area (Å²) in [5.74, 6) is -0.930. The lowest BCUT2D eigenvalue weighted by Crippen LogP contribution is -2.38. The van der Waals surface area contributed by atoms with Crippen molar-refractivity contribution in [1.82, 2.24) is 19.2 Å². The molecule has 36 heavy (non-hydrogen) atoms. The van der Waals surface area contributed by atoms with Crippen molar-refractivity contribution in [1.29, 1.82) is 0 Å². The summed E-state index contributed by atoms with van der Waals surface area (Å²) in [6.07, 6.45) is 2.48. The molecule has 0 unspecified atom stereocenters. The van der Waals surface area contributed by atoms with Crippen LogP contribution in [0.2, 0.25) is 0 Å². The number of aryl methyl sites for hydroxylation is 1. The third-order valence-electron chi connectivity index (χ3n) is 6.86. The Balaban J connectivity index is 1.56. The molecule has 2 aromatic heterocycles. The van der Waals surface area contributed by atoms with E-state index >= 15 is 0 Å². The van der Waals surface area contributed by atoms with Crippen molar-refractivity contribution in [3.63, 3.8) is 0 Å². The number of pyridine rings is 1. The summed E-state index contributed by atoms with van der Waals surface area (Å²) in [4.78, 5) is 35.1. The van der Waals surface area contributed by atoms with Crippen LogP contribution in [0.4, 0.5) is 0 Å². The summed E-state index contributed by atoms with van der Waals surface area (Å²) in [7, 11) is 1.57. The Morgan fingerprint density at radius 1 is 1.14 bits per heavy atom. The number of benzene rings is 1. The average Bonchev–Trinajstić information content (AvgIpc) is 3.37. The number of aliphatic hydroxyl groups is 1. The van der Waals surface area contributed by atoms with Gasteiger partial charge >= 0.3 is 0 Å². The Labute approximate surface area is 209 Å². The van der Waals surface area contributed by atoms with E-state index in [9.17, 15) is 14.7 Å². The molecule has 9 nitrogen and oxygen atoms in total. The number of methoxy groups -OCH3 is 1. The molecule has 188 valence electrons. The molecule has 5 rings (SSSR count). The first-order valence-electron chi connectivity index (χ1n) is 12.2. The number of amides is 1. The van der Waals surface area contributed by atoms with Gasteiger partial charge in [-0.25, -0.2) is 4.98 Å². The summed E-state index contributed by atoms with van der Waals surface area (Å²) in [6, 6.07) is 12.1. The first kappa shape index (κ1) is 24.0. The molecule has 4 heterocycles. The van der Waals surface area contributed by atoms with Crippen LogP contribution in [0.5, 0.6) is 5.75 Å². The van der Waals surface area contributed by atoms with E-state index in [-0.39, 0.29) is 11.3 Å². The van der Waals surface area contributed by atoms with E-state index in [0.717, 1.165) is 19.6 Å². The second-order valence-electron chi connectivity index (χ2n) is 9.05. The van der Waals surface area contributed by atoms with Gasteiger partial charge in [0.1, 0.15) is 17.1 Å². The standard InChI is InChI=1S/C27H30N4O5/c1-18-23(30-11-4-3-9-21(30)28-18)25(32)22-24(19-7-5-8-20(17-19)35-2)31(27(34)26(22)33)12-6-10-29-13-15-36-16-14-29/h3-5,7-9,11,17,24,32H,6,10,12-16H2,1-2H3/b25-22+/t24-/m1/s1. The highest BCUT2D eigenvalue weighted by molar-refractivity contribution is 6.46. The van der Waals surface area contributed by atoms with E-state index in [0.29, 0.717) is 54.5 Å². The molecule has 3 aromatic rings. The van der Waals surface area contributed by atoms with Gasteiger partial charge in [-0.15, -0.1) is 0 Å². The topological polar surface area (TPSA) is 96.6 Å². The van der Waals surface area contributed by atoms with E-state index in [2.05, 4.69) is 9.88 Å². The fourth-order valence-corrected chi connectivity index (χ4v) is 5.08. The molecule has 1 atom stereocenters. The van der Waals surface area contributed by atoms with Crippen LogP contribution in [-0.4, -0.2) is 82.5 Å². The normalized spacial score (nSPS) is 20.4. The summed E-state index contributed by atoms with van der Waals surface area (Å²) < 4.78 is 12.6. The Hall–Kier alpha value is -3.69. The summed E-state index contributed by atoms with van der Waals surface area (Å²) >= 11 is 0. The number of likely N-dealkylation sites (tertiary alicyclic amines) is 1. The Morgan fingerprint density at radius 2 is 1.94 bits per heavy atom. The minimum Gasteiger partial charge on any atom is -0.505 e. The van der Waals surface area contributed by atoms with Gasteiger partial charge in [-0.1, -0.05) is 18.2 Å². The Bertz CT molecular complexity index is 1320. The van der Waals surface area contributed by atoms with Crippen LogP contribution in [0.25, 0.3) is 11.4 Å². The van der Waals surface area contributed by atoms with Gasteiger partial charge in [0, 0.05) is 32.4 Å². The van der Waals surface area contributed by atoms with Gasteiger partial charge in [0.05, 0.1) is 37.6 Å². The van der Waals surface area contributed by atoms with Gasteiger partial charge in [0.15, 0.2) is 5.76 Å². The second kappa shape index (κ2) is 10.1. The number of aromatic nitrogens is 2.